The second kappa shape index (κ2) is 5.55. The van der Waals surface area contributed by atoms with Gasteiger partial charge in [0.05, 0.1) is 5.02 Å². The average molecular weight is 277 g/mol. The van der Waals surface area contributed by atoms with E-state index < -0.39 is 5.97 Å². The maximum Gasteiger partial charge on any atom is 0.345 e. The summed E-state index contributed by atoms with van der Waals surface area (Å²) in [7, 11) is 0. The molecule has 1 aromatic heterocycles. The number of esters is 1. The second-order valence-electron chi connectivity index (χ2n) is 3.68. The molecule has 6 heteroatoms. The van der Waals surface area contributed by atoms with E-state index in [0.29, 0.717) is 22.0 Å². The topological polar surface area (TPSA) is 76.1 Å². The van der Waals surface area contributed by atoms with Crippen molar-refractivity contribution >= 4 is 17.6 Å². The number of carbonyl (C=O) groups excluding carboxylic acids is 1. The van der Waals surface area contributed by atoms with E-state index in [2.05, 4.69) is 5.16 Å². The molecule has 96 valence electrons. The normalized spacial score (nSPS) is 9.95. The summed E-state index contributed by atoms with van der Waals surface area (Å²) >= 11 is 6.06. The quantitative estimate of drug-likeness (QED) is 0.806. The minimum atomic E-state index is -0.657. The molecule has 5 nitrogen and oxygen atoms in total. The van der Waals surface area contributed by atoms with E-state index >= 15 is 0 Å². The molecule has 0 radical (unpaired) electrons. The lowest BCUT2D eigenvalue weighted by molar-refractivity contribution is 0.0554. The van der Waals surface area contributed by atoms with E-state index in [1.54, 1.807) is 37.3 Å². The van der Waals surface area contributed by atoms with Crippen molar-refractivity contribution in [1.29, 1.82) is 5.26 Å². The van der Waals surface area contributed by atoms with Gasteiger partial charge in [-0.3, -0.25) is 0 Å². The molecule has 2 aromatic rings. The number of aryl methyl sites for hydroxylation is 1. The summed E-state index contributed by atoms with van der Waals surface area (Å²) in [5.41, 5.74) is 1.07. The Morgan fingerprint density at radius 3 is 2.95 bits per heavy atom. The van der Waals surface area contributed by atoms with Gasteiger partial charge in [0.2, 0.25) is 0 Å². The summed E-state index contributed by atoms with van der Waals surface area (Å²) in [4.78, 5) is 11.9. The highest BCUT2D eigenvalue weighted by molar-refractivity contribution is 6.33. The van der Waals surface area contributed by atoms with Crippen LogP contribution in [0.5, 0.6) is 0 Å². The Balaban J connectivity index is 2.47. The number of nitriles is 1. The Morgan fingerprint density at radius 2 is 2.26 bits per heavy atom. The third-order valence-electron chi connectivity index (χ3n) is 2.46. The molecule has 0 aliphatic heterocycles. The van der Waals surface area contributed by atoms with Gasteiger partial charge < -0.3 is 9.26 Å². The van der Waals surface area contributed by atoms with Crippen LogP contribution in [0, 0.1) is 18.3 Å². The first-order valence-corrected chi connectivity index (χ1v) is 5.78. The first kappa shape index (κ1) is 13.1. The van der Waals surface area contributed by atoms with Gasteiger partial charge in [-0.2, -0.15) is 5.26 Å². The van der Waals surface area contributed by atoms with Crippen LogP contribution in [-0.4, -0.2) is 17.7 Å². The molecule has 1 aromatic carbocycles. The fourth-order valence-electron chi connectivity index (χ4n) is 1.62. The first-order valence-electron chi connectivity index (χ1n) is 5.40. The van der Waals surface area contributed by atoms with Crippen molar-refractivity contribution in [3.63, 3.8) is 0 Å². The zero-order valence-corrected chi connectivity index (χ0v) is 10.8. The Morgan fingerprint density at radius 1 is 1.53 bits per heavy atom. The van der Waals surface area contributed by atoms with Gasteiger partial charge in [-0.25, -0.2) is 4.79 Å². The minimum Gasteiger partial charge on any atom is -0.447 e. The van der Waals surface area contributed by atoms with Crippen LogP contribution < -0.4 is 0 Å². The Hall–Kier alpha value is -2.32. The molecule has 19 heavy (non-hydrogen) atoms. The maximum atomic E-state index is 11.9. The predicted octanol–water partition coefficient (Wildman–Crippen LogP) is 2.98. The molecule has 0 spiro atoms. The standard InChI is InChI=1S/C13H9ClN2O3/c1-8-11(13(17)18-7-6-15)12(16-19-8)9-4-2-3-5-10(9)14/h2-5H,7H2,1H3. The number of nitrogens with zero attached hydrogens (tertiary/aromatic N) is 2. The Kier molecular flexibility index (Phi) is 3.83. The molecule has 0 fully saturated rings. The van der Waals surface area contributed by atoms with Crippen molar-refractivity contribution < 1.29 is 14.1 Å². The number of carbonyl (C=O) groups is 1. The zero-order valence-electron chi connectivity index (χ0n) is 10.0. The lowest BCUT2D eigenvalue weighted by Crippen LogP contribution is -2.07. The monoisotopic (exact) mass is 276 g/mol. The summed E-state index contributed by atoms with van der Waals surface area (Å²) in [5, 5.41) is 12.7. The third kappa shape index (κ3) is 2.59. The van der Waals surface area contributed by atoms with Gasteiger partial charge in [0.1, 0.15) is 23.1 Å². The van der Waals surface area contributed by atoms with Crippen LogP contribution in [0.3, 0.4) is 0 Å². The van der Waals surface area contributed by atoms with E-state index in [1.807, 2.05) is 0 Å². The number of rotatable bonds is 3. The van der Waals surface area contributed by atoms with Crippen molar-refractivity contribution in [2.75, 3.05) is 6.61 Å². The van der Waals surface area contributed by atoms with Gasteiger partial charge in [-0.15, -0.1) is 0 Å². The van der Waals surface area contributed by atoms with E-state index in [-0.39, 0.29) is 12.2 Å². The molecule has 2 rings (SSSR count). The summed E-state index contributed by atoms with van der Waals surface area (Å²) in [6.07, 6.45) is 0. The summed E-state index contributed by atoms with van der Waals surface area (Å²) in [6, 6.07) is 8.68. The molecule has 1 heterocycles. The van der Waals surface area contributed by atoms with Crippen LogP contribution in [0.25, 0.3) is 11.3 Å². The van der Waals surface area contributed by atoms with Crippen LogP contribution in [0.15, 0.2) is 28.8 Å². The van der Waals surface area contributed by atoms with Crippen molar-refractivity contribution in [3.05, 3.63) is 40.6 Å². The lowest BCUT2D eigenvalue weighted by atomic mass is 10.1. The zero-order chi connectivity index (χ0) is 13.8. The van der Waals surface area contributed by atoms with Gasteiger partial charge in [-0.1, -0.05) is 35.0 Å². The van der Waals surface area contributed by atoms with Gasteiger partial charge >= 0.3 is 5.97 Å². The molecule has 0 amide bonds. The minimum absolute atomic E-state index is 0.184. The summed E-state index contributed by atoms with van der Waals surface area (Å²) in [6.45, 7) is 1.27. The van der Waals surface area contributed by atoms with Crippen molar-refractivity contribution in [3.8, 4) is 17.3 Å². The average Bonchev–Trinajstić information content (AvgIpc) is 2.78. The highest BCUT2D eigenvalue weighted by Crippen LogP contribution is 2.31. The smallest absolute Gasteiger partial charge is 0.345 e. The largest absolute Gasteiger partial charge is 0.447 e. The van der Waals surface area contributed by atoms with Crippen LogP contribution >= 0.6 is 11.6 Å². The highest BCUT2D eigenvalue weighted by atomic mass is 35.5. The summed E-state index contributed by atoms with van der Waals surface area (Å²) < 4.78 is 9.79. The van der Waals surface area contributed by atoms with E-state index in [9.17, 15) is 4.79 Å². The molecule has 0 aliphatic rings. The van der Waals surface area contributed by atoms with Gasteiger partial charge in [-0.05, 0) is 13.0 Å². The summed E-state index contributed by atoms with van der Waals surface area (Å²) in [5.74, 6) is -0.340. The maximum absolute atomic E-state index is 11.9. The fraction of sp³-hybridized carbons (Fsp3) is 0.154. The molecular weight excluding hydrogens is 268 g/mol. The van der Waals surface area contributed by atoms with E-state index in [0.717, 1.165) is 0 Å². The van der Waals surface area contributed by atoms with E-state index in [4.69, 9.17) is 26.1 Å². The van der Waals surface area contributed by atoms with Gasteiger partial charge in [0.25, 0.3) is 0 Å². The van der Waals surface area contributed by atoms with Crippen molar-refractivity contribution in [1.82, 2.24) is 5.16 Å². The third-order valence-corrected chi connectivity index (χ3v) is 2.79. The van der Waals surface area contributed by atoms with Gasteiger partial charge in [0, 0.05) is 5.56 Å². The van der Waals surface area contributed by atoms with Crippen LogP contribution in [-0.2, 0) is 4.74 Å². The molecule has 0 N–H and O–H groups in total. The fourth-order valence-corrected chi connectivity index (χ4v) is 1.84. The van der Waals surface area contributed by atoms with Crippen LogP contribution in [0.1, 0.15) is 16.1 Å². The molecule has 0 aliphatic carbocycles. The van der Waals surface area contributed by atoms with Crippen molar-refractivity contribution in [2.24, 2.45) is 0 Å². The number of ether oxygens (including phenoxy) is 1. The second-order valence-corrected chi connectivity index (χ2v) is 4.08. The SMILES string of the molecule is Cc1onc(-c2ccccc2Cl)c1C(=O)OCC#N. The highest BCUT2D eigenvalue weighted by Gasteiger charge is 2.24. The molecule has 0 unspecified atom stereocenters. The number of hydrogen-bond acceptors (Lipinski definition) is 5. The van der Waals surface area contributed by atoms with E-state index in [1.165, 1.54) is 0 Å². The molecular formula is C13H9ClN2O3. The Labute approximate surface area is 114 Å². The predicted molar refractivity (Wildman–Crippen MR) is 67.6 cm³/mol. The first-order chi connectivity index (χ1) is 9.15. The molecule has 0 saturated carbocycles. The number of hydrogen-bond donors (Lipinski definition) is 0. The van der Waals surface area contributed by atoms with Crippen molar-refractivity contribution in [2.45, 2.75) is 6.92 Å². The molecule has 0 bridgehead atoms. The van der Waals surface area contributed by atoms with Crippen LogP contribution in [0.2, 0.25) is 5.02 Å². The lowest BCUT2D eigenvalue weighted by Gasteiger charge is -2.03. The van der Waals surface area contributed by atoms with Gasteiger partial charge in [0.15, 0.2) is 6.61 Å². The number of aromatic nitrogens is 1. The van der Waals surface area contributed by atoms with Crippen LogP contribution in [0.4, 0.5) is 0 Å². The Bertz CT molecular complexity index is 658. The molecule has 0 atom stereocenters. The number of benzene rings is 1. The molecule has 0 saturated heterocycles. The number of halogens is 1.